The highest BCUT2D eigenvalue weighted by Crippen LogP contribution is 2.31. The van der Waals surface area contributed by atoms with Crippen molar-refractivity contribution in [2.45, 2.75) is 38.3 Å². The summed E-state index contributed by atoms with van der Waals surface area (Å²) in [5, 5.41) is 3.11. The van der Waals surface area contributed by atoms with Gasteiger partial charge in [0.1, 0.15) is 5.82 Å². The molecule has 100 valence electrons. The van der Waals surface area contributed by atoms with Crippen LogP contribution in [0.25, 0.3) is 0 Å². The van der Waals surface area contributed by atoms with Crippen molar-refractivity contribution in [1.82, 2.24) is 0 Å². The van der Waals surface area contributed by atoms with E-state index in [9.17, 15) is 8.78 Å². The third-order valence-corrected chi connectivity index (χ3v) is 3.35. The van der Waals surface area contributed by atoms with Crippen LogP contribution in [0.15, 0.2) is 12.1 Å². The molecule has 18 heavy (non-hydrogen) atoms. The Labute approximate surface area is 110 Å². The SMILES string of the molecule is CC1(C)CC(Nc2c(F)cc(F)cc2Cl)CCO1. The third-order valence-electron chi connectivity index (χ3n) is 3.05. The molecule has 1 aromatic carbocycles. The molecular formula is C13H16ClF2NO. The number of halogens is 3. The largest absolute Gasteiger partial charge is 0.379 e. The fraction of sp³-hybridized carbons (Fsp3) is 0.538. The molecule has 1 aliphatic heterocycles. The van der Waals surface area contributed by atoms with E-state index in [1.807, 2.05) is 13.8 Å². The van der Waals surface area contributed by atoms with Crippen molar-refractivity contribution in [2.24, 2.45) is 0 Å². The zero-order chi connectivity index (χ0) is 13.3. The van der Waals surface area contributed by atoms with E-state index in [-0.39, 0.29) is 22.4 Å². The molecule has 1 aromatic rings. The molecule has 0 spiro atoms. The quantitative estimate of drug-likeness (QED) is 0.881. The maximum absolute atomic E-state index is 13.6. The second-order valence-electron chi connectivity index (χ2n) is 5.19. The van der Waals surface area contributed by atoms with Gasteiger partial charge in [0.2, 0.25) is 0 Å². The van der Waals surface area contributed by atoms with E-state index in [0.29, 0.717) is 6.61 Å². The lowest BCUT2D eigenvalue weighted by Crippen LogP contribution is -2.40. The van der Waals surface area contributed by atoms with E-state index in [1.165, 1.54) is 0 Å². The highest BCUT2D eigenvalue weighted by molar-refractivity contribution is 6.33. The second kappa shape index (κ2) is 5.02. The molecule has 0 amide bonds. The molecule has 0 aromatic heterocycles. The molecule has 1 unspecified atom stereocenters. The van der Waals surface area contributed by atoms with Crippen molar-refractivity contribution in [3.05, 3.63) is 28.8 Å². The van der Waals surface area contributed by atoms with Gasteiger partial charge in [-0.3, -0.25) is 0 Å². The Morgan fingerprint density at radius 2 is 2.11 bits per heavy atom. The molecule has 0 radical (unpaired) electrons. The van der Waals surface area contributed by atoms with E-state index >= 15 is 0 Å². The maximum atomic E-state index is 13.6. The fourth-order valence-electron chi connectivity index (χ4n) is 2.24. The zero-order valence-corrected chi connectivity index (χ0v) is 11.2. The first-order valence-electron chi connectivity index (χ1n) is 5.92. The first-order valence-corrected chi connectivity index (χ1v) is 6.30. The van der Waals surface area contributed by atoms with Gasteiger partial charge >= 0.3 is 0 Å². The van der Waals surface area contributed by atoms with Crippen molar-refractivity contribution >= 4 is 17.3 Å². The average molecular weight is 276 g/mol. The van der Waals surface area contributed by atoms with Gasteiger partial charge in [0.05, 0.1) is 16.3 Å². The predicted octanol–water partition coefficient (Wildman–Crippen LogP) is 3.99. The third kappa shape index (κ3) is 3.12. The van der Waals surface area contributed by atoms with Gasteiger partial charge in [0.15, 0.2) is 5.82 Å². The molecule has 1 saturated heterocycles. The highest BCUT2D eigenvalue weighted by Gasteiger charge is 2.29. The maximum Gasteiger partial charge on any atom is 0.150 e. The van der Waals surface area contributed by atoms with E-state index < -0.39 is 11.6 Å². The van der Waals surface area contributed by atoms with Crippen molar-refractivity contribution in [1.29, 1.82) is 0 Å². The molecule has 0 aliphatic carbocycles. The van der Waals surface area contributed by atoms with Crippen molar-refractivity contribution < 1.29 is 13.5 Å². The normalized spacial score (nSPS) is 22.8. The molecule has 0 bridgehead atoms. The molecule has 2 nitrogen and oxygen atoms in total. The van der Waals surface area contributed by atoms with Crippen LogP contribution in [0.1, 0.15) is 26.7 Å². The summed E-state index contributed by atoms with van der Waals surface area (Å²) in [5.41, 5.74) is -0.0698. The molecular weight excluding hydrogens is 260 g/mol. The molecule has 1 atom stereocenters. The number of hydrogen-bond acceptors (Lipinski definition) is 2. The Bertz CT molecular complexity index is 428. The van der Waals surface area contributed by atoms with Gasteiger partial charge in [-0.25, -0.2) is 8.78 Å². The molecule has 1 fully saturated rings. The summed E-state index contributed by atoms with van der Waals surface area (Å²) in [4.78, 5) is 0. The summed E-state index contributed by atoms with van der Waals surface area (Å²) >= 11 is 5.85. The summed E-state index contributed by atoms with van der Waals surface area (Å²) < 4.78 is 32.2. The summed E-state index contributed by atoms with van der Waals surface area (Å²) in [7, 11) is 0. The minimum absolute atomic E-state index is 0.0665. The Balaban J connectivity index is 2.14. The van der Waals surface area contributed by atoms with Crippen LogP contribution >= 0.6 is 11.6 Å². The van der Waals surface area contributed by atoms with Gasteiger partial charge in [0, 0.05) is 18.7 Å². The standard InChI is InChI=1S/C13H16ClF2NO/c1-13(2)7-9(3-4-18-13)17-12-10(14)5-8(15)6-11(12)16/h5-6,9,17H,3-4,7H2,1-2H3. The smallest absolute Gasteiger partial charge is 0.150 e. The lowest BCUT2D eigenvalue weighted by molar-refractivity contribution is -0.0553. The van der Waals surface area contributed by atoms with E-state index in [4.69, 9.17) is 16.3 Å². The van der Waals surface area contributed by atoms with Gasteiger partial charge in [0.25, 0.3) is 0 Å². The van der Waals surface area contributed by atoms with Gasteiger partial charge < -0.3 is 10.1 Å². The molecule has 1 aliphatic rings. The Morgan fingerprint density at radius 1 is 1.39 bits per heavy atom. The van der Waals surface area contributed by atoms with Gasteiger partial charge in [-0.1, -0.05) is 11.6 Å². The van der Waals surface area contributed by atoms with E-state index in [0.717, 1.165) is 25.0 Å². The number of benzene rings is 1. The second-order valence-corrected chi connectivity index (χ2v) is 5.59. The first-order chi connectivity index (χ1) is 8.37. The monoisotopic (exact) mass is 275 g/mol. The summed E-state index contributed by atoms with van der Waals surface area (Å²) in [6, 6.07) is 2.02. The van der Waals surface area contributed by atoms with Crippen molar-refractivity contribution in [3.8, 4) is 0 Å². The van der Waals surface area contributed by atoms with Crippen LogP contribution in [-0.2, 0) is 4.74 Å². The lowest BCUT2D eigenvalue weighted by Gasteiger charge is -2.36. The van der Waals surface area contributed by atoms with Crippen molar-refractivity contribution in [2.75, 3.05) is 11.9 Å². The lowest BCUT2D eigenvalue weighted by atomic mass is 9.94. The van der Waals surface area contributed by atoms with Crippen LogP contribution in [0, 0.1) is 11.6 Å². The van der Waals surface area contributed by atoms with Crippen LogP contribution in [0.3, 0.4) is 0 Å². The minimum Gasteiger partial charge on any atom is -0.379 e. The topological polar surface area (TPSA) is 21.3 Å². The van der Waals surface area contributed by atoms with Crippen LogP contribution in [0.5, 0.6) is 0 Å². The van der Waals surface area contributed by atoms with Crippen LogP contribution in [0.4, 0.5) is 14.5 Å². The highest BCUT2D eigenvalue weighted by atomic mass is 35.5. The van der Waals surface area contributed by atoms with Gasteiger partial charge in [-0.05, 0) is 32.8 Å². The fourth-order valence-corrected chi connectivity index (χ4v) is 2.49. The summed E-state index contributed by atoms with van der Waals surface area (Å²) in [6.07, 6.45) is 1.52. The molecule has 5 heteroatoms. The van der Waals surface area contributed by atoms with Gasteiger partial charge in [-0.15, -0.1) is 0 Å². The molecule has 2 rings (SSSR count). The Hall–Kier alpha value is -0.870. The number of nitrogens with one attached hydrogen (secondary N) is 1. The number of ether oxygens (including phenoxy) is 1. The molecule has 1 N–H and O–H groups in total. The molecule has 1 heterocycles. The Morgan fingerprint density at radius 3 is 2.72 bits per heavy atom. The average Bonchev–Trinajstić information content (AvgIpc) is 2.22. The number of rotatable bonds is 2. The van der Waals surface area contributed by atoms with Crippen LogP contribution in [0.2, 0.25) is 5.02 Å². The van der Waals surface area contributed by atoms with Crippen LogP contribution < -0.4 is 5.32 Å². The van der Waals surface area contributed by atoms with Crippen LogP contribution in [-0.4, -0.2) is 18.2 Å². The predicted molar refractivity (Wildman–Crippen MR) is 68.0 cm³/mol. The first kappa shape index (κ1) is 13.6. The summed E-state index contributed by atoms with van der Waals surface area (Å²) in [6.45, 7) is 4.60. The molecule has 0 saturated carbocycles. The number of hydrogen-bond donors (Lipinski definition) is 1. The zero-order valence-electron chi connectivity index (χ0n) is 10.4. The Kier molecular flexibility index (Phi) is 3.78. The summed E-state index contributed by atoms with van der Waals surface area (Å²) in [5.74, 6) is -1.33. The van der Waals surface area contributed by atoms with Gasteiger partial charge in [-0.2, -0.15) is 0 Å². The van der Waals surface area contributed by atoms with E-state index in [2.05, 4.69) is 5.32 Å². The number of anilines is 1. The van der Waals surface area contributed by atoms with Crippen molar-refractivity contribution in [3.63, 3.8) is 0 Å². The minimum atomic E-state index is -0.671. The van der Waals surface area contributed by atoms with E-state index in [1.54, 1.807) is 0 Å².